The normalized spacial score (nSPS) is 20.7. The molecule has 3 rings (SSSR count). The minimum Gasteiger partial charge on any atom is -0.453 e. The van der Waals surface area contributed by atoms with Crippen LogP contribution in [0.2, 0.25) is 0 Å². The Morgan fingerprint density at radius 3 is 2.27 bits per heavy atom. The molecule has 0 radical (unpaired) electrons. The van der Waals surface area contributed by atoms with Crippen LogP contribution in [-0.2, 0) is 25.5 Å². The van der Waals surface area contributed by atoms with Crippen LogP contribution in [0.1, 0.15) is 36.8 Å². The van der Waals surface area contributed by atoms with Gasteiger partial charge in [-0.25, -0.2) is 0 Å². The lowest BCUT2D eigenvalue weighted by Crippen LogP contribution is -2.29. The number of ether oxygens (including phenoxy) is 1. The molecule has 1 aliphatic heterocycles. The van der Waals surface area contributed by atoms with E-state index in [1.54, 1.807) is 0 Å². The lowest BCUT2D eigenvalue weighted by Gasteiger charge is -2.12. The summed E-state index contributed by atoms with van der Waals surface area (Å²) in [5, 5.41) is 0. The van der Waals surface area contributed by atoms with Crippen molar-refractivity contribution in [3.63, 3.8) is 0 Å². The number of carbonyl (C=O) groups excluding carboxylic acids is 3. The first kappa shape index (κ1) is 18.1. The van der Waals surface area contributed by atoms with E-state index < -0.39 is 23.8 Å². The van der Waals surface area contributed by atoms with Crippen LogP contribution in [0, 0.1) is 5.92 Å². The van der Waals surface area contributed by atoms with Gasteiger partial charge in [0.1, 0.15) is 0 Å². The molecular weight excluding hydrogens is 328 g/mol. The molecule has 134 valence electrons. The first-order chi connectivity index (χ1) is 12.6. The molecule has 2 aromatic rings. The summed E-state index contributed by atoms with van der Waals surface area (Å²) in [7, 11) is 0. The summed E-state index contributed by atoms with van der Waals surface area (Å²) in [5.74, 6) is -2.75. The van der Waals surface area contributed by atoms with Crippen molar-refractivity contribution in [3.8, 4) is 0 Å². The number of ketones is 2. The molecule has 2 aromatic carbocycles. The number of aryl methyl sites for hydroxylation is 1. The highest BCUT2D eigenvalue weighted by Gasteiger charge is 2.47. The standard InChI is InChI=1S/C22H22O4/c1-15(17-10-6-3-7-11-17)14-18(23)20-21(24)19(26-22(20)25)13-12-16-8-4-2-5-9-16/h2-11,15,19-20H,12-14H2,1H3/t15-,19+,20?/m1/s1. The maximum Gasteiger partial charge on any atom is 0.325 e. The van der Waals surface area contributed by atoms with Crippen molar-refractivity contribution < 1.29 is 19.1 Å². The molecule has 1 aliphatic rings. The number of cyclic esters (lactones) is 1. The van der Waals surface area contributed by atoms with Crippen LogP contribution < -0.4 is 0 Å². The first-order valence-electron chi connectivity index (χ1n) is 8.92. The maximum atomic E-state index is 12.5. The summed E-state index contributed by atoms with van der Waals surface area (Å²) in [4.78, 5) is 37.2. The highest BCUT2D eigenvalue weighted by molar-refractivity contribution is 6.21. The van der Waals surface area contributed by atoms with E-state index >= 15 is 0 Å². The predicted octanol–water partition coefficient (Wildman–Crippen LogP) is 3.49. The lowest BCUT2D eigenvalue weighted by molar-refractivity contribution is -0.147. The van der Waals surface area contributed by atoms with Crippen LogP contribution >= 0.6 is 0 Å². The van der Waals surface area contributed by atoms with Crippen molar-refractivity contribution in [3.05, 3.63) is 71.8 Å². The number of hydrogen-bond acceptors (Lipinski definition) is 4. The molecule has 0 aromatic heterocycles. The van der Waals surface area contributed by atoms with E-state index in [-0.39, 0.29) is 18.1 Å². The Kier molecular flexibility index (Phi) is 5.61. The average molecular weight is 350 g/mol. The van der Waals surface area contributed by atoms with E-state index in [0.717, 1.165) is 11.1 Å². The van der Waals surface area contributed by atoms with Gasteiger partial charge in [-0.1, -0.05) is 67.6 Å². The van der Waals surface area contributed by atoms with Crippen molar-refractivity contribution in [2.75, 3.05) is 0 Å². The van der Waals surface area contributed by atoms with Crippen molar-refractivity contribution in [2.24, 2.45) is 5.92 Å². The first-order valence-corrected chi connectivity index (χ1v) is 8.92. The van der Waals surface area contributed by atoms with Gasteiger partial charge in [0, 0.05) is 6.42 Å². The molecule has 1 saturated heterocycles. The van der Waals surface area contributed by atoms with E-state index in [4.69, 9.17) is 4.74 Å². The molecule has 1 heterocycles. The number of carbonyl (C=O) groups is 3. The van der Waals surface area contributed by atoms with Gasteiger partial charge in [0.25, 0.3) is 0 Å². The third-order valence-corrected chi connectivity index (χ3v) is 4.83. The average Bonchev–Trinajstić information content (AvgIpc) is 2.95. The van der Waals surface area contributed by atoms with E-state index in [9.17, 15) is 14.4 Å². The summed E-state index contributed by atoms with van der Waals surface area (Å²) >= 11 is 0. The van der Waals surface area contributed by atoms with Crippen LogP contribution in [0.25, 0.3) is 0 Å². The highest BCUT2D eigenvalue weighted by Crippen LogP contribution is 2.27. The van der Waals surface area contributed by atoms with Gasteiger partial charge < -0.3 is 4.74 Å². The maximum absolute atomic E-state index is 12.5. The summed E-state index contributed by atoms with van der Waals surface area (Å²) in [6.07, 6.45) is 0.378. The molecule has 26 heavy (non-hydrogen) atoms. The van der Waals surface area contributed by atoms with Crippen LogP contribution in [0.3, 0.4) is 0 Å². The second-order valence-corrected chi connectivity index (χ2v) is 6.77. The van der Waals surface area contributed by atoms with Crippen molar-refractivity contribution in [1.29, 1.82) is 0 Å². The van der Waals surface area contributed by atoms with E-state index in [1.807, 2.05) is 67.6 Å². The fourth-order valence-corrected chi connectivity index (χ4v) is 3.32. The highest BCUT2D eigenvalue weighted by atomic mass is 16.6. The molecule has 0 amide bonds. The van der Waals surface area contributed by atoms with Crippen LogP contribution in [-0.4, -0.2) is 23.6 Å². The van der Waals surface area contributed by atoms with E-state index in [1.165, 1.54) is 0 Å². The van der Waals surface area contributed by atoms with Gasteiger partial charge in [-0.05, 0) is 29.9 Å². The van der Waals surface area contributed by atoms with Crippen molar-refractivity contribution >= 4 is 17.5 Å². The topological polar surface area (TPSA) is 60.4 Å². The van der Waals surface area contributed by atoms with Gasteiger partial charge in [0.2, 0.25) is 0 Å². The van der Waals surface area contributed by atoms with Gasteiger partial charge in [-0.15, -0.1) is 0 Å². The Balaban J connectivity index is 1.60. The lowest BCUT2D eigenvalue weighted by atomic mass is 9.88. The molecule has 4 nitrogen and oxygen atoms in total. The smallest absolute Gasteiger partial charge is 0.325 e. The molecule has 0 aliphatic carbocycles. The predicted molar refractivity (Wildman–Crippen MR) is 97.6 cm³/mol. The quantitative estimate of drug-likeness (QED) is 0.566. The van der Waals surface area contributed by atoms with Gasteiger partial charge in [0.15, 0.2) is 23.6 Å². The Morgan fingerprint density at radius 1 is 1.00 bits per heavy atom. The minimum absolute atomic E-state index is 0.0485. The Hall–Kier alpha value is -2.75. The number of hydrogen-bond donors (Lipinski definition) is 0. The van der Waals surface area contributed by atoms with Gasteiger partial charge >= 0.3 is 5.97 Å². The number of esters is 1. The minimum atomic E-state index is -1.26. The summed E-state index contributed by atoms with van der Waals surface area (Å²) in [6.45, 7) is 1.92. The third kappa shape index (κ3) is 4.07. The second-order valence-electron chi connectivity index (χ2n) is 6.77. The molecule has 0 spiro atoms. The van der Waals surface area contributed by atoms with Gasteiger partial charge in [0.05, 0.1) is 0 Å². The third-order valence-electron chi connectivity index (χ3n) is 4.83. The van der Waals surface area contributed by atoms with Gasteiger partial charge in [-0.3, -0.25) is 14.4 Å². The van der Waals surface area contributed by atoms with Gasteiger partial charge in [-0.2, -0.15) is 0 Å². The Labute approximate surface area is 153 Å². The summed E-state index contributed by atoms with van der Waals surface area (Å²) in [5.41, 5.74) is 2.09. The molecule has 3 atom stereocenters. The molecule has 1 fully saturated rings. The fraction of sp³-hybridized carbons (Fsp3) is 0.318. The Bertz CT molecular complexity index is 782. The van der Waals surface area contributed by atoms with Crippen LogP contribution in [0.15, 0.2) is 60.7 Å². The van der Waals surface area contributed by atoms with E-state index in [2.05, 4.69) is 0 Å². The molecule has 0 N–H and O–H groups in total. The zero-order valence-electron chi connectivity index (χ0n) is 14.8. The monoisotopic (exact) mass is 350 g/mol. The van der Waals surface area contributed by atoms with Crippen LogP contribution in [0.5, 0.6) is 0 Å². The zero-order chi connectivity index (χ0) is 18.5. The number of benzene rings is 2. The number of Topliss-reactive ketones (excluding diaryl/α,β-unsaturated/α-hetero) is 2. The largest absolute Gasteiger partial charge is 0.453 e. The molecule has 4 heteroatoms. The van der Waals surface area contributed by atoms with E-state index in [0.29, 0.717) is 12.8 Å². The molecule has 1 unspecified atom stereocenters. The SMILES string of the molecule is C[C@H](CC(=O)C1C(=O)O[C@@H](CCc2ccccc2)C1=O)c1ccccc1. The fourth-order valence-electron chi connectivity index (χ4n) is 3.32. The van der Waals surface area contributed by atoms with Crippen molar-refractivity contribution in [2.45, 2.75) is 38.2 Å². The molecule has 0 saturated carbocycles. The molecular formula is C22H22O4. The summed E-state index contributed by atoms with van der Waals surface area (Å²) in [6, 6.07) is 19.3. The summed E-state index contributed by atoms with van der Waals surface area (Å²) < 4.78 is 5.21. The van der Waals surface area contributed by atoms with Crippen molar-refractivity contribution in [1.82, 2.24) is 0 Å². The second kappa shape index (κ2) is 8.09. The Morgan fingerprint density at radius 2 is 1.62 bits per heavy atom. The molecule has 0 bridgehead atoms. The van der Waals surface area contributed by atoms with Crippen LogP contribution in [0.4, 0.5) is 0 Å². The number of rotatable bonds is 7. The zero-order valence-corrected chi connectivity index (χ0v) is 14.8.